The molecule has 4 heterocycles. The summed E-state index contributed by atoms with van der Waals surface area (Å²) in [4.78, 5) is 28.7. The topological polar surface area (TPSA) is 84.5 Å². The number of hydrogen-bond acceptors (Lipinski definition) is 5. The molecular weight excluding hydrogens is 310 g/mol. The van der Waals surface area contributed by atoms with Crippen molar-refractivity contribution in [2.24, 2.45) is 12.5 Å². The average Bonchev–Trinajstić information content (AvgIpc) is 3.29. The first-order valence-corrected chi connectivity index (χ1v) is 7.97. The van der Waals surface area contributed by atoms with Gasteiger partial charge in [-0.25, -0.2) is 0 Å². The van der Waals surface area contributed by atoms with Crippen LogP contribution < -0.4 is 4.90 Å². The van der Waals surface area contributed by atoms with E-state index in [0.717, 1.165) is 12.1 Å². The Labute approximate surface area is 139 Å². The molecule has 2 aliphatic heterocycles. The fraction of sp³-hybridized carbons (Fsp3) is 0.500. The minimum atomic E-state index is -0.173. The quantitative estimate of drug-likeness (QED) is 0.820. The molecule has 8 nitrogen and oxygen atoms in total. The van der Waals surface area contributed by atoms with Gasteiger partial charge in [-0.3, -0.25) is 14.3 Å². The van der Waals surface area contributed by atoms with E-state index in [1.807, 2.05) is 13.2 Å². The van der Waals surface area contributed by atoms with Gasteiger partial charge in [-0.05, 0) is 13.3 Å². The second-order valence-electron chi connectivity index (χ2n) is 6.80. The summed E-state index contributed by atoms with van der Waals surface area (Å²) < 4.78 is 6.67. The summed E-state index contributed by atoms with van der Waals surface area (Å²) in [7, 11) is 1.83. The number of rotatable bonds is 2. The van der Waals surface area contributed by atoms with Gasteiger partial charge in [-0.2, -0.15) is 5.10 Å². The molecule has 0 aliphatic carbocycles. The summed E-state index contributed by atoms with van der Waals surface area (Å²) in [5.74, 6) is 0.553. The molecule has 0 aromatic carbocycles. The highest BCUT2D eigenvalue weighted by molar-refractivity contribution is 5.97. The molecule has 24 heavy (non-hydrogen) atoms. The molecule has 2 aromatic heterocycles. The van der Waals surface area contributed by atoms with Gasteiger partial charge in [0.05, 0.1) is 18.1 Å². The van der Waals surface area contributed by atoms with Gasteiger partial charge in [0, 0.05) is 44.7 Å². The summed E-state index contributed by atoms with van der Waals surface area (Å²) in [6.45, 7) is 3.59. The zero-order chi connectivity index (χ0) is 16.9. The molecule has 2 aromatic rings. The summed E-state index contributed by atoms with van der Waals surface area (Å²) >= 11 is 0. The molecule has 4 rings (SSSR count). The minimum Gasteiger partial charge on any atom is -0.361 e. The number of hydrogen-bond donors (Lipinski definition) is 0. The fourth-order valence-corrected chi connectivity index (χ4v) is 3.73. The van der Waals surface area contributed by atoms with Gasteiger partial charge in [0.2, 0.25) is 5.91 Å². The number of anilines is 1. The van der Waals surface area contributed by atoms with Crippen LogP contribution in [0.5, 0.6) is 0 Å². The maximum Gasteiger partial charge on any atom is 0.259 e. The number of carbonyl (C=O) groups is 2. The number of carbonyl (C=O) groups excluding carboxylic acids is 2. The molecule has 2 fully saturated rings. The van der Waals surface area contributed by atoms with Crippen LogP contribution in [0.15, 0.2) is 23.1 Å². The highest BCUT2D eigenvalue weighted by Crippen LogP contribution is 2.42. The first-order valence-electron chi connectivity index (χ1n) is 7.97. The van der Waals surface area contributed by atoms with E-state index in [4.69, 9.17) is 4.52 Å². The molecule has 126 valence electrons. The second kappa shape index (κ2) is 5.19. The van der Waals surface area contributed by atoms with E-state index in [0.29, 0.717) is 37.4 Å². The van der Waals surface area contributed by atoms with Gasteiger partial charge < -0.3 is 14.3 Å². The Morgan fingerprint density at radius 3 is 2.83 bits per heavy atom. The van der Waals surface area contributed by atoms with E-state index in [9.17, 15) is 9.59 Å². The molecule has 2 amide bonds. The van der Waals surface area contributed by atoms with E-state index in [2.05, 4.69) is 10.3 Å². The predicted octanol–water partition coefficient (Wildman–Crippen LogP) is 0.986. The zero-order valence-electron chi connectivity index (χ0n) is 13.7. The normalized spacial score (nSPS) is 23.7. The zero-order valence-corrected chi connectivity index (χ0v) is 13.7. The maximum atomic E-state index is 12.6. The first-order chi connectivity index (χ1) is 11.5. The SMILES string of the molecule is Cc1oncc1C(=O)N1CC[C@@]2(CC(=O)N(c3cnn(C)c3)C2)C1. The van der Waals surface area contributed by atoms with Gasteiger partial charge in [-0.1, -0.05) is 5.16 Å². The minimum absolute atomic E-state index is 0.0714. The van der Waals surface area contributed by atoms with E-state index in [1.54, 1.807) is 27.6 Å². The van der Waals surface area contributed by atoms with Crippen LogP contribution in [0.3, 0.4) is 0 Å². The lowest BCUT2D eigenvalue weighted by molar-refractivity contribution is -0.117. The van der Waals surface area contributed by atoms with Crippen molar-refractivity contribution in [3.63, 3.8) is 0 Å². The Hall–Kier alpha value is -2.64. The third-order valence-corrected chi connectivity index (χ3v) is 5.03. The van der Waals surface area contributed by atoms with E-state index in [-0.39, 0.29) is 17.2 Å². The van der Waals surface area contributed by atoms with Crippen molar-refractivity contribution in [1.82, 2.24) is 19.8 Å². The Kier molecular flexibility index (Phi) is 3.22. The molecule has 0 saturated carbocycles. The van der Waals surface area contributed by atoms with Crippen LogP contribution in [0.2, 0.25) is 0 Å². The third kappa shape index (κ3) is 2.29. The summed E-state index contributed by atoms with van der Waals surface area (Å²) in [5.41, 5.74) is 1.15. The standard InChI is InChI=1S/C16H19N5O3/c1-11-13(7-18-24-11)15(23)20-4-3-16(9-20)5-14(22)21(10-16)12-6-17-19(2)8-12/h6-8H,3-5,9-10H2,1-2H3/t16-/m1/s1. The molecule has 0 radical (unpaired) electrons. The van der Waals surface area contributed by atoms with Crippen molar-refractivity contribution in [1.29, 1.82) is 0 Å². The van der Waals surface area contributed by atoms with Crippen molar-refractivity contribution >= 4 is 17.5 Å². The Balaban J connectivity index is 1.51. The maximum absolute atomic E-state index is 12.6. The molecule has 1 spiro atoms. The molecule has 2 saturated heterocycles. The highest BCUT2D eigenvalue weighted by Gasteiger charge is 2.49. The van der Waals surface area contributed by atoms with Gasteiger partial charge >= 0.3 is 0 Å². The molecule has 2 aliphatic rings. The Bertz CT molecular complexity index is 810. The number of likely N-dealkylation sites (tertiary alicyclic amines) is 1. The second-order valence-corrected chi connectivity index (χ2v) is 6.80. The van der Waals surface area contributed by atoms with Crippen LogP contribution in [0.4, 0.5) is 5.69 Å². The molecule has 0 unspecified atom stereocenters. The van der Waals surface area contributed by atoms with Crippen molar-refractivity contribution in [2.45, 2.75) is 19.8 Å². The van der Waals surface area contributed by atoms with Gasteiger partial charge in [0.1, 0.15) is 11.3 Å². The van der Waals surface area contributed by atoms with Crippen LogP contribution in [0.25, 0.3) is 0 Å². The lowest BCUT2D eigenvalue weighted by atomic mass is 9.86. The summed E-state index contributed by atoms with van der Waals surface area (Å²) in [6, 6.07) is 0. The van der Waals surface area contributed by atoms with Crippen LogP contribution in [-0.2, 0) is 11.8 Å². The van der Waals surface area contributed by atoms with E-state index in [1.165, 1.54) is 6.20 Å². The molecule has 0 N–H and O–H groups in total. The van der Waals surface area contributed by atoms with E-state index >= 15 is 0 Å². The molecule has 8 heteroatoms. The van der Waals surface area contributed by atoms with Crippen LogP contribution in [0, 0.1) is 12.3 Å². The highest BCUT2D eigenvalue weighted by atomic mass is 16.5. The summed E-state index contributed by atoms with van der Waals surface area (Å²) in [5, 5.41) is 7.81. The van der Waals surface area contributed by atoms with Crippen molar-refractivity contribution in [2.75, 3.05) is 24.5 Å². The first kappa shape index (κ1) is 14.9. The Morgan fingerprint density at radius 1 is 1.33 bits per heavy atom. The molecule has 0 bridgehead atoms. The predicted molar refractivity (Wildman–Crippen MR) is 84.4 cm³/mol. The van der Waals surface area contributed by atoms with E-state index < -0.39 is 0 Å². The number of amides is 2. The van der Waals surface area contributed by atoms with Crippen LogP contribution in [-0.4, -0.2) is 51.3 Å². The number of aryl methyl sites for hydroxylation is 2. The van der Waals surface area contributed by atoms with Crippen molar-refractivity contribution < 1.29 is 14.1 Å². The number of nitrogens with zero attached hydrogens (tertiary/aromatic N) is 5. The largest absolute Gasteiger partial charge is 0.361 e. The summed E-state index contributed by atoms with van der Waals surface area (Å²) in [6.07, 6.45) is 6.30. The van der Waals surface area contributed by atoms with Crippen LogP contribution in [0.1, 0.15) is 29.0 Å². The monoisotopic (exact) mass is 329 g/mol. The van der Waals surface area contributed by atoms with Crippen LogP contribution >= 0.6 is 0 Å². The Morgan fingerprint density at radius 2 is 2.17 bits per heavy atom. The van der Waals surface area contributed by atoms with Gasteiger partial charge in [0.15, 0.2) is 0 Å². The molecule has 1 atom stereocenters. The smallest absolute Gasteiger partial charge is 0.259 e. The average molecular weight is 329 g/mol. The van der Waals surface area contributed by atoms with Gasteiger partial charge in [-0.15, -0.1) is 0 Å². The lowest BCUT2D eigenvalue weighted by Gasteiger charge is -2.23. The van der Waals surface area contributed by atoms with Crippen molar-refractivity contribution in [3.05, 3.63) is 29.9 Å². The van der Waals surface area contributed by atoms with Crippen molar-refractivity contribution in [3.8, 4) is 0 Å². The number of aromatic nitrogens is 3. The third-order valence-electron chi connectivity index (χ3n) is 5.03. The lowest BCUT2D eigenvalue weighted by Crippen LogP contribution is -2.34. The fourth-order valence-electron chi connectivity index (χ4n) is 3.73. The van der Waals surface area contributed by atoms with Gasteiger partial charge in [0.25, 0.3) is 5.91 Å². The molecular formula is C16H19N5O3.